The number of hydrogen-bond donors (Lipinski definition) is 1. The van der Waals surface area contributed by atoms with Gasteiger partial charge in [-0.05, 0) is 45.1 Å². The first-order valence-electron chi connectivity index (χ1n) is 6.45. The predicted octanol–water partition coefficient (Wildman–Crippen LogP) is 2.78. The van der Waals surface area contributed by atoms with Gasteiger partial charge in [-0.15, -0.1) is 11.3 Å². The maximum absolute atomic E-state index is 12.1. The Morgan fingerprint density at radius 2 is 2.11 bits per heavy atom. The van der Waals surface area contributed by atoms with Gasteiger partial charge in [-0.25, -0.2) is 4.79 Å². The quantitative estimate of drug-likeness (QED) is 0.837. The Morgan fingerprint density at radius 3 is 2.58 bits per heavy atom. The fraction of sp³-hybridized carbons (Fsp3) is 0.571. The van der Waals surface area contributed by atoms with E-state index in [9.17, 15) is 14.7 Å². The Balaban J connectivity index is 2.52. The number of rotatable bonds is 7. The molecule has 1 aromatic heterocycles. The number of carboxylic acids is 1. The number of aliphatic carboxylic acids is 1. The minimum atomic E-state index is -1.14. The van der Waals surface area contributed by atoms with E-state index >= 15 is 0 Å². The first-order valence-corrected chi connectivity index (χ1v) is 7.33. The lowest BCUT2D eigenvalue weighted by molar-refractivity contribution is -0.156. The molecule has 0 saturated carbocycles. The van der Waals surface area contributed by atoms with Crippen molar-refractivity contribution in [2.24, 2.45) is 0 Å². The molecule has 0 unspecified atom stereocenters. The highest BCUT2D eigenvalue weighted by Crippen LogP contribution is 2.18. The lowest BCUT2D eigenvalue weighted by atomic mass is 10.0. The second-order valence-electron chi connectivity index (χ2n) is 4.94. The molecule has 0 aromatic carbocycles. The third kappa shape index (κ3) is 4.06. The highest BCUT2D eigenvalue weighted by atomic mass is 32.1. The Bertz CT molecular complexity index is 426. The van der Waals surface area contributed by atoms with Crippen LogP contribution in [0.3, 0.4) is 0 Å². The second kappa shape index (κ2) is 6.70. The molecule has 0 aliphatic heterocycles. The minimum Gasteiger partial charge on any atom is -0.480 e. The number of carboxylic acid groups (broad SMARTS) is 1. The number of hydrogen-bond acceptors (Lipinski definition) is 3. The van der Waals surface area contributed by atoms with Gasteiger partial charge in [0.2, 0.25) is 5.91 Å². The van der Waals surface area contributed by atoms with Crippen LogP contribution in [0.2, 0.25) is 0 Å². The summed E-state index contributed by atoms with van der Waals surface area (Å²) in [6.07, 6.45) is 2.02. The molecule has 0 atom stereocenters. The maximum atomic E-state index is 12.1. The Labute approximate surface area is 118 Å². The molecule has 0 fully saturated rings. The van der Waals surface area contributed by atoms with Crippen LogP contribution in [-0.4, -0.2) is 34.0 Å². The summed E-state index contributed by atoms with van der Waals surface area (Å²) in [7, 11) is 0. The number of aryl methyl sites for hydroxylation is 1. The van der Waals surface area contributed by atoms with Crippen molar-refractivity contribution >= 4 is 23.2 Å². The van der Waals surface area contributed by atoms with Gasteiger partial charge >= 0.3 is 5.97 Å². The van der Waals surface area contributed by atoms with E-state index in [0.717, 1.165) is 12.8 Å². The molecular formula is C14H21NO3S. The fourth-order valence-corrected chi connectivity index (χ4v) is 2.75. The van der Waals surface area contributed by atoms with Gasteiger partial charge in [0, 0.05) is 17.8 Å². The minimum absolute atomic E-state index is 0.0912. The van der Waals surface area contributed by atoms with Gasteiger partial charge in [-0.3, -0.25) is 4.79 Å². The molecule has 106 valence electrons. The van der Waals surface area contributed by atoms with E-state index in [-0.39, 0.29) is 5.91 Å². The topological polar surface area (TPSA) is 57.6 Å². The van der Waals surface area contributed by atoms with E-state index in [2.05, 4.69) is 0 Å². The first kappa shape index (κ1) is 15.7. The van der Waals surface area contributed by atoms with E-state index in [0.29, 0.717) is 13.0 Å². The van der Waals surface area contributed by atoms with Crippen LogP contribution in [0.5, 0.6) is 0 Å². The van der Waals surface area contributed by atoms with Gasteiger partial charge in [0.05, 0.1) is 0 Å². The van der Waals surface area contributed by atoms with E-state index in [1.165, 1.54) is 9.78 Å². The predicted molar refractivity (Wildman–Crippen MR) is 76.4 cm³/mol. The number of nitrogens with zero attached hydrogens (tertiary/aromatic N) is 1. The summed E-state index contributed by atoms with van der Waals surface area (Å²) >= 11 is 1.68. The zero-order valence-electron chi connectivity index (χ0n) is 11.7. The third-order valence-electron chi connectivity index (χ3n) is 3.21. The van der Waals surface area contributed by atoms with Crippen molar-refractivity contribution in [3.8, 4) is 0 Å². The molecule has 1 amide bonds. The largest absolute Gasteiger partial charge is 0.480 e. The highest BCUT2D eigenvalue weighted by Gasteiger charge is 2.36. The highest BCUT2D eigenvalue weighted by molar-refractivity contribution is 7.09. The van der Waals surface area contributed by atoms with Crippen molar-refractivity contribution in [1.29, 1.82) is 0 Å². The lowest BCUT2D eigenvalue weighted by Gasteiger charge is -2.34. The zero-order chi connectivity index (χ0) is 14.5. The Hall–Kier alpha value is -1.36. The van der Waals surface area contributed by atoms with Gasteiger partial charge in [0.1, 0.15) is 5.54 Å². The average Bonchev–Trinajstić information content (AvgIpc) is 2.82. The molecule has 5 heteroatoms. The number of likely N-dealkylation sites (N-methyl/N-ethyl adjacent to an activating group) is 1. The summed E-state index contributed by atoms with van der Waals surface area (Å²) in [5, 5.41) is 11.2. The van der Waals surface area contributed by atoms with Crippen LogP contribution >= 0.6 is 11.3 Å². The van der Waals surface area contributed by atoms with Crippen molar-refractivity contribution in [3.63, 3.8) is 0 Å². The number of carbonyl (C=O) groups is 2. The summed E-state index contributed by atoms with van der Waals surface area (Å²) < 4.78 is 0. The Kier molecular flexibility index (Phi) is 5.54. The summed E-state index contributed by atoms with van der Waals surface area (Å²) in [4.78, 5) is 26.0. The average molecular weight is 283 g/mol. The number of amides is 1. The Morgan fingerprint density at radius 1 is 1.42 bits per heavy atom. The molecule has 1 N–H and O–H groups in total. The van der Waals surface area contributed by atoms with E-state index < -0.39 is 11.5 Å². The lowest BCUT2D eigenvalue weighted by Crippen LogP contribution is -2.52. The fourth-order valence-electron chi connectivity index (χ4n) is 2.00. The summed E-state index contributed by atoms with van der Waals surface area (Å²) in [6.45, 7) is 5.35. The molecule has 0 spiro atoms. The summed E-state index contributed by atoms with van der Waals surface area (Å²) in [5.41, 5.74) is -1.14. The third-order valence-corrected chi connectivity index (χ3v) is 4.15. The first-order chi connectivity index (χ1) is 8.89. The van der Waals surface area contributed by atoms with Crippen LogP contribution in [0.1, 0.15) is 38.5 Å². The van der Waals surface area contributed by atoms with Gasteiger partial charge in [0.25, 0.3) is 0 Å². The van der Waals surface area contributed by atoms with E-state index in [1.807, 2.05) is 24.4 Å². The van der Waals surface area contributed by atoms with Gasteiger partial charge in [-0.2, -0.15) is 0 Å². The second-order valence-corrected chi connectivity index (χ2v) is 5.97. The molecule has 1 rings (SSSR count). The van der Waals surface area contributed by atoms with Crippen LogP contribution in [0.25, 0.3) is 0 Å². The van der Waals surface area contributed by atoms with E-state index in [4.69, 9.17) is 0 Å². The molecule has 0 bridgehead atoms. The molecule has 4 nitrogen and oxygen atoms in total. The van der Waals surface area contributed by atoms with Crippen LogP contribution in [0.4, 0.5) is 0 Å². The molecule has 19 heavy (non-hydrogen) atoms. The van der Waals surface area contributed by atoms with Crippen LogP contribution < -0.4 is 0 Å². The molecule has 0 aliphatic carbocycles. The number of thiophene rings is 1. The van der Waals surface area contributed by atoms with Crippen LogP contribution in [0.15, 0.2) is 17.5 Å². The van der Waals surface area contributed by atoms with Crippen molar-refractivity contribution < 1.29 is 14.7 Å². The smallest absolute Gasteiger partial charge is 0.329 e. The SMILES string of the molecule is CCN(C(=O)CCCc1cccs1)C(C)(C)C(=O)O. The molecule has 0 aliphatic rings. The molecule has 1 heterocycles. The normalized spacial score (nSPS) is 11.3. The zero-order valence-corrected chi connectivity index (χ0v) is 12.5. The molecule has 1 aromatic rings. The van der Waals surface area contributed by atoms with Gasteiger partial charge in [0.15, 0.2) is 0 Å². The molecule has 0 saturated heterocycles. The number of carbonyl (C=O) groups excluding carboxylic acids is 1. The summed E-state index contributed by atoms with van der Waals surface area (Å²) in [5.74, 6) is -1.06. The van der Waals surface area contributed by atoms with Crippen molar-refractivity contribution in [2.45, 2.75) is 45.6 Å². The summed E-state index contributed by atoms with van der Waals surface area (Å²) in [6, 6.07) is 4.04. The van der Waals surface area contributed by atoms with Crippen molar-refractivity contribution in [1.82, 2.24) is 4.90 Å². The van der Waals surface area contributed by atoms with Crippen molar-refractivity contribution in [3.05, 3.63) is 22.4 Å². The van der Waals surface area contributed by atoms with Crippen molar-refractivity contribution in [2.75, 3.05) is 6.54 Å². The van der Waals surface area contributed by atoms with Gasteiger partial charge < -0.3 is 10.0 Å². The maximum Gasteiger partial charge on any atom is 0.329 e. The van der Waals surface area contributed by atoms with Crippen LogP contribution in [-0.2, 0) is 16.0 Å². The molecular weight excluding hydrogens is 262 g/mol. The molecule has 0 radical (unpaired) electrons. The van der Waals surface area contributed by atoms with E-state index in [1.54, 1.807) is 25.2 Å². The monoisotopic (exact) mass is 283 g/mol. The van der Waals surface area contributed by atoms with Crippen LogP contribution in [0, 0.1) is 0 Å². The van der Waals surface area contributed by atoms with Gasteiger partial charge in [-0.1, -0.05) is 6.07 Å². The standard InChI is InChI=1S/C14H21NO3S/c1-4-15(14(2,3)13(17)18)12(16)9-5-7-11-8-6-10-19-11/h6,8,10H,4-5,7,9H2,1-3H3,(H,17,18).